The number of benzene rings is 1. The predicted molar refractivity (Wildman–Crippen MR) is 100 cm³/mol. The molecule has 1 aromatic carbocycles. The van der Waals surface area contributed by atoms with Crippen LogP contribution >= 0.6 is 11.8 Å². The van der Waals surface area contributed by atoms with Gasteiger partial charge in [-0.25, -0.2) is 0 Å². The fourth-order valence-corrected chi connectivity index (χ4v) is 4.03. The van der Waals surface area contributed by atoms with Gasteiger partial charge in [0, 0.05) is 12.2 Å². The van der Waals surface area contributed by atoms with Crippen molar-refractivity contribution < 1.29 is 0 Å². The summed E-state index contributed by atoms with van der Waals surface area (Å²) in [4.78, 5) is 2.47. The minimum atomic E-state index is 0.636. The molecule has 1 aliphatic rings. The van der Waals surface area contributed by atoms with Crippen LogP contribution in [0.1, 0.15) is 43.5 Å². The Bertz CT molecular complexity index is 686. The molecular weight excluding hydrogens is 330 g/mol. The van der Waals surface area contributed by atoms with E-state index in [0.717, 1.165) is 55.8 Å². The van der Waals surface area contributed by atoms with Gasteiger partial charge in [0.05, 0.1) is 19.2 Å². The summed E-state index contributed by atoms with van der Waals surface area (Å²) >= 11 is 1.76. The Labute approximate surface area is 154 Å². The van der Waals surface area contributed by atoms with Crippen molar-refractivity contribution in [3.8, 4) is 6.07 Å². The molecule has 1 saturated heterocycles. The second kappa shape index (κ2) is 9.59. The van der Waals surface area contributed by atoms with Crippen LogP contribution in [0.25, 0.3) is 0 Å². The molecule has 3 rings (SSSR count). The number of unbranched alkanes of at least 4 members (excludes halogenated alkanes) is 2. The van der Waals surface area contributed by atoms with Gasteiger partial charge in [0.15, 0.2) is 5.16 Å². The van der Waals surface area contributed by atoms with Crippen molar-refractivity contribution in [1.29, 1.82) is 5.26 Å². The SMILES string of the molecule is N#CCCCCSc1nnc(CN2CCCC2)n1Cc1ccccc1. The molecule has 0 amide bonds. The second-order valence-corrected chi connectivity index (χ2v) is 7.48. The van der Waals surface area contributed by atoms with Crippen molar-refractivity contribution in [2.24, 2.45) is 0 Å². The lowest BCUT2D eigenvalue weighted by molar-refractivity contribution is 0.316. The van der Waals surface area contributed by atoms with E-state index in [1.54, 1.807) is 11.8 Å². The maximum Gasteiger partial charge on any atom is 0.191 e. The van der Waals surface area contributed by atoms with Crippen molar-refractivity contribution in [3.63, 3.8) is 0 Å². The summed E-state index contributed by atoms with van der Waals surface area (Å²) in [6.07, 6.45) is 5.20. The highest BCUT2D eigenvalue weighted by molar-refractivity contribution is 7.99. The predicted octanol–water partition coefficient (Wildman–Crippen LogP) is 3.71. The Balaban J connectivity index is 1.69. The molecule has 5 nitrogen and oxygen atoms in total. The van der Waals surface area contributed by atoms with E-state index >= 15 is 0 Å². The molecule has 1 fully saturated rings. The molecule has 1 aromatic heterocycles. The molecule has 25 heavy (non-hydrogen) atoms. The van der Waals surface area contributed by atoms with Gasteiger partial charge >= 0.3 is 0 Å². The highest BCUT2D eigenvalue weighted by Crippen LogP contribution is 2.22. The van der Waals surface area contributed by atoms with Crippen LogP contribution in [-0.2, 0) is 13.1 Å². The molecule has 1 aliphatic heterocycles. The average molecular weight is 356 g/mol. The minimum Gasteiger partial charge on any atom is -0.300 e. The number of thioether (sulfide) groups is 1. The highest BCUT2D eigenvalue weighted by Gasteiger charge is 2.18. The van der Waals surface area contributed by atoms with Gasteiger partial charge in [-0.1, -0.05) is 42.1 Å². The zero-order chi connectivity index (χ0) is 17.3. The lowest BCUT2D eigenvalue weighted by Crippen LogP contribution is -2.21. The molecule has 2 aromatic rings. The van der Waals surface area contributed by atoms with E-state index in [1.807, 2.05) is 6.07 Å². The standard InChI is InChI=1S/C19H25N5S/c20-11-5-2-8-14-25-19-22-21-18(16-23-12-6-7-13-23)24(19)15-17-9-3-1-4-10-17/h1,3-4,9-10H,2,5-8,12-16H2. The quantitative estimate of drug-likeness (QED) is 0.507. The average Bonchev–Trinajstić information content (AvgIpc) is 3.28. The van der Waals surface area contributed by atoms with Crippen molar-refractivity contribution in [1.82, 2.24) is 19.7 Å². The molecule has 0 unspecified atom stereocenters. The highest BCUT2D eigenvalue weighted by atomic mass is 32.2. The van der Waals surface area contributed by atoms with Gasteiger partial charge in [-0.15, -0.1) is 10.2 Å². The topological polar surface area (TPSA) is 57.7 Å². The van der Waals surface area contributed by atoms with E-state index in [2.05, 4.69) is 50.0 Å². The molecule has 132 valence electrons. The first-order valence-electron chi connectivity index (χ1n) is 9.05. The first-order valence-corrected chi connectivity index (χ1v) is 10.0. The third-order valence-electron chi connectivity index (χ3n) is 4.45. The molecule has 2 heterocycles. The molecular formula is C19H25N5S. The van der Waals surface area contributed by atoms with Crippen LogP contribution in [0.4, 0.5) is 0 Å². The largest absolute Gasteiger partial charge is 0.300 e. The molecule has 0 radical (unpaired) electrons. The Kier molecular flexibility index (Phi) is 6.89. The number of hydrogen-bond donors (Lipinski definition) is 0. The molecule has 0 aliphatic carbocycles. The number of rotatable bonds is 9. The summed E-state index contributed by atoms with van der Waals surface area (Å²) in [5.74, 6) is 2.04. The first kappa shape index (κ1) is 18.0. The number of hydrogen-bond acceptors (Lipinski definition) is 5. The summed E-state index contributed by atoms with van der Waals surface area (Å²) in [5, 5.41) is 18.6. The van der Waals surface area contributed by atoms with Crippen LogP contribution in [-0.4, -0.2) is 38.5 Å². The summed E-state index contributed by atoms with van der Waals surface area (Å²) in [5.41, 5.74) is 1.27. The smallest absolute Gasteiger partial charge is 0.191 e. The minimum absolute atomic E-state index is 0.636. The summed E-state index contributed by atoms with van der Waals surface area (Å²) < 4.78 is 2.27. The monoisotopic (exact) mass is 355 g/mol. The van der Waals surface area contributed by atoms with Crippen LogP contribution in [0.5, 0.6) is 0 Å². The van der Waals surface area contributed by atoms with Crippen molar-refractivity contribution >= 4 is 11.8 Å². The van der Waals surface area contributed by atoms with Gasteiger partial charge in [-0.3, -0.25) is 4.90 Å². The van der Waals surface area contributed by atoms with E-state index in [4.69, 9.17) is 5.26 Å². The van der Waals surface area contributed by atoms with Crippen LogP contribution in [0.15, 0.2) is 35.5 Å². The van der Waals surface area contributed by atoms with Crippen LogP contribution in [0, 0.1) is 11.3 Å². The molecule has 6 heteroatoms. The van der Waals surface area contributed by atoms with Crippen LogP contribution in [0.2, 0.25) is 0 Å². The van der Waals surface area contributed by atoms with Crippen molar-refractivity contribution in [3.05, 3.63) is 41.7 Å². The van der Waals surface area contributed by atoms with E-state index in [1.165, 1.54) is 18.4 Å². The number of aromatic nitrogens is 3. The molecule has 0 saturated carbocycles. The van der Waals surface area contributed by atoms with Gasteiger partial charge in [0.25, 0.3) is 0 Å². The normalized spacial score (nSPS) is 14.7. The summed E-state index contributed by atoms with van der Waals surface area (Å²) in [6, 6.07) is 12.7. The van der Waals surface area contributed by atoms with Gasteiger partial charge in [0.2, 0.25) is 0 Å². The Morgan fingerprint density at radius 3 is 2.60 bits per heavy atom. The fourth-order valence-electron chi connectivity index (χ4n) is 3.08. The van der Waals surface area contributed by atoms with Crippen LogP contribution in [0.3, 0.4) is 0 Å². The van der Waals surface area contributed by atoms with E-state index in [0.29, 0.717) is 6.42 Å². The molecule has 0 atom stereocenters. The van der Waals surface area contributed by atoms with E-state index < -0.39 is 0 Å². The zero-order valence-corrected chi connectivity index (χ0v) is 15.4. The number of nitrogens with zero attached hydrogens (tertiary/aromatic N) is 5. The maximum atomic E-state index is 8.64. The van der Waals surface area contributed by atoms with Gasteiger partial charge in [-0.05, 0) is 44.3 Å². The van der Waals surface area contributed by atoms with Crippen molar-refractivity contribution in [2.75, 3.05) is 18.8 Å². The summed E-state index contributed by atoms with van der Waals surface area (Å²) in [7, 11) is 0. The van der Waals surface area contributed by atoms with Gasteiger partial charge < -0.3 is 4.57 Å². The van der Waals surface area contributed by atoms with Crippen molar-refractivity contribution in [2.45, 2.75) is 50.4 Å². The third-order valence-corrected chi connectivity index (χ3v) is 5.51. The van der Waals surface area contributed by atoms with E-state index in [9.17, 15) is 0 Å². The molecule has 0 N–H and O–H groups in total. The lowest BCUT2D eigenvalue weighted by atomic mass is 10.2. The third kappa shape index (κ3) is 5.32. The summed E-state index contributed by atoms with van der Waals surface area (Å²) in [6.45, 7) is 4.02. The van der Waals surface area contributed by atoms with Crippen LogP contribution < -0.4 is 0 Å². The first-order chi connectivity index (χ1) is 12.4. The number of nitriles is 1. The Morgan fingerprint density at radius 2 is 1.84 bits per heavy atom. The Hall–Kier alpha value is -1.84. The lowest BCUT2D eigenvalue weighted by Gasteiger charge is -2.16. The van der Waals surface area contributed by atoms with Gasteiger partial charge in [-0.2, -0.15) is 5.26 Å². The maximum absolute atomic E-state index is 8.64. The molecule has 0 bridgehead atoms. The fraction of sp³-hybridized carbons (Fsp3) is 0.526. The van der Waals surface area contributed by atoms with Gasteiger partial charge in [0.1, 0.15) is 5.82 Å². The molecule has 0 spiro atoms. The van der Waals surface area contributed by atoms with E-state index in [-0.39, 0.29) is 0 Å². The number of likely N-dealkylation sites (tertiary alicyclic amines) is 1. The zero-order valence-electron chi connectivity index (χ0n) is 14.6. The second-order valence-electron chi connectivity index (χ2n) is 6.42. The Morgan fingerprint density at radius 1 is 1.04 bits per heavy atom.